The first-order valence-electron chi connectivity index (χ1n) is 7.01. The molecule has 1 saturated heterocycles. The Labute approximate surface area is 126 Å². The molecule has 1 N–H and O–H groups in total. The number of ether oxygens (including phenoxy) is 1. The Bertz CT molecular complexity index is 522. The van der Waals surface area contributed by atoms with Crippen LogP contribution in [0.5, 0.6) is 0 Å². The van der Waals surface area contributed by atoms with Gasteiger partial charge in [-0.3, -0.25) is 14.7 Å². The van der Waals surface area contributed by atoms with Crippen LogP contribution in [-0.4, -0.2) is 54.7 Å². The number of pyridine rings is 1. The third-order valence-electron chi connectivity index (χ3n) is 3.41. The van der Waals surface area contributed by atoms with Gasteiger partial charge in [0.1, 0.15) is 0 Å². The summed E-state index contributed by atoms with van der Waals surface area (Å²) in [5.74, 6) is -0.762. The number of carbonyl (C=O) groups is 1. The number of hydrogen-bond donors (Lipinski definition) is 1. The quantitative estimate of drug-likeness (QED) is 0.915. The summed E-state index contributed by atoms with van der Waals surface area (Å²) in [7, 11) is 0. The first-order valence-corrected chi connectivity index (χ1v) is 7.01. The second-order valence-corrected chi connectivity index (χ2v) is 5.16. The summed E-state index contributed by atoms with van der Waals surface area (Å²) in [5, 5.41) is 2.51. The van der Waals surface area contributed by atoms with Crippen LogP contribution in [0.4, 0.5) is 13.2 Å². The highest BCUT2D eigenvalue weighted by Crippen LogP contribution is 2.31. The van der Waals surface area contributed by atoms with E-state index in [1.54, 1.807) is 0 Å². The molecule has 0 saturated carbocycles. The highest BCUT2D eigenvalue weighted by atomic mass is 19.4. The normalized spacial score (nSPS) is 19.9. The molecule has 1 amide bonds. The smallest absolute Gasteiger partial charge is 0.376 e. The molecule has 1 aromatic rings. The molecule has 0 aromatic carbocycles. The van der Waals surface area contributed by atoms with E-state index >= 15 is 0 Å². The van der Waals surface area contributed by atoms with Gasteiger partial charge < -0.3 is 10.1 Å². The van der Waals surface area contributed by atoms with Gasteiger partial charge in [-0.15, -0.1) is 0 Å². The van der Waals surface area contributed by atoms with Gasteiger partial charge in [-0.1, -0.05) is 0 Å². The Kier molecular flexibility index (Phi) is 5.36. The van der Waals surface area contributed by atoms with Crippen LogP contribution in [0.25, 0.3) is 0 Å². The van der Waals surface area contributed by atoms with Crippen LogP contribution in [-0.2, 0) is 10.9 Å². The van der Waals surface area contributed by atoms with Gasteiger partial charge in [-0.05, 0) is 13.0 Å². The molecule has 2 heterocycles. The van der Waals surface area contributed by atoms with E-state index in [0.29, 0.717) is 13.2 Å². The monoisotopic (exact) mass is 317 g/mol. The van der Waals surface area contributed by atoms with E-state index in [9.17, 15) is 18.0 Å². The zero-order chi connectivity index (χ0) is 16.2. The van der Waals surface area contributed by atoms with Gasteiger partial charge in [0, 0.05) is 38.6 Å². The lowest BCUT2D eigenvalue weighted by Gasteiger charge is -2.31. The number of halogens is 3. The van der Waals surface area contributed by atoms with Crippen molar-refractivity contribution in [1.29, 1.82) is 0 Å². The molecule has 0 radical (unpaired) electrons. The van der Waals surface area contributed by atoms with Crippen molar-refractivity contribution >= 4 is 5.91 Å². The molecule has 1 aliphatic heterocycles. The zero-order valence-electron chi connectivity index (χ0n) is 12.2. The molecule has 1 aliphatic rings. The molecule has 8 heteroatoms. The highest BCUT2D eigenvalue weighted by molar-refractivity contribution is 5.95. The summed E-state index contributed by atoms with van der Waals surface area (Å²) in [6.07, 6.45) is -2.49. The van der Waals surface area contributed by atoms with Crippen LogP contribution >= 0.6 is 0 Å². The number of amides is 1. The van der Waals surface area contributed by atoms with E-state index < -0.39 is 23.2 Å². The standard InChI is InChI=1S/C14H18F3N3O2/c1-10-9-20(6-7-22-10)5-4-19-13(21)11-8-18-3-2-12(11)14(15,16)17/h2-3,8,10H,4-7,9H2,1H3,(H,19,21). The van der Waals surface area contributed by atoms with Crippen LogP contribution in [0.3, 0.4) is 0 Å². The maximum absolute atomic E-state index is 12.8. The molecule has 122 valence electrons. The summed E-state index contributed by atoms with van der Waals surface area (Å²) in [6, 6.07) is 0.804. The zero-order valence-corrected chi connectivity index (χ0v) is 12.2. The Balaban J connectivity index is 1.90. The Morgan fingerprint density at radius 2 is 2.32 bits per heavy atom. The van der Waals surface area contributed by atoms with Crippen molar-refractivity contribution in [3.8, 4) is 0 Å². The van der Waals surface area contributed by atoms with E-state index in [-0.39, 0.29) is 12.6 Å². The molecule has 1 unspecified atom stereocenters. The molecular weight excluding hydrogens is 299 g/mol. The van der Waals surface area contributed by atoms with E-state index in [1.807, 2.05) is 6.92 Å². The van der Waals surface area contributed by atoms with Crippen molar-refractivity contribution in [3.63, 3.8) is 0 Å². The van der Waals surface area contributed by atoms with Crippen molar-refractivity contribution in [2.45, 2.75) is 19.2 Å². The number of carbonyl (C=O) groups excluding carboxylic acids is 1. The van der Waals surface area contributed by atoms with Gasteiger partial charge in [-0.25, -0.2) is 0 Å². The minimum atomic E-state index is -4.57. The molecule has 22 heavy (non-hydrogen) atoms. The minimum absolute atomic E-state index is 0.125. The van der Waals surface area contributed by atoms with Gasteiger partial charge in [0.15, 0.2) is 0 Å². The summed E-state index contributed by atoms with van der Waals surface area (Å²) >= 11 is 0. The lowest BCUT2D eigenvalue weighted by molar-refractivity contribution is -0.138. The second-order valence-electron chi connectivity index (χ2n) is 5.16. The summed E-state index contributed by atoms with van der Waals surface area (Å²) < 4.78 is 43.9. The fourth-order valence-corrected chi connectivity index (χ4v) is 2.34. The van der Waals surface area contributed by atoms with Gasteiger partial charge in [0.2, 0.25) is 0 Å². The van der Waals surface area contributed by atoms with Crippen molar-refractivity contribution in [2.24, 2.45) is 0 Å². The molecular formula is C14H18F3N3O2. The van der Waals surface area contributed by atoms with Crippen molar-refractivity contribution < 1.29 is 22.7 Å². The topological polar surface area (TPSA) is 54.5 Å². The highest BCUT2D eigenvalue weighted by Gasteiger charge is 2.35. The van der Waals surface area contributed by atoms with E-state index in [4.69, 9.17) is 4.74 Å². The van der Waals surface area contributed by atoms with E-state index in [2.05, 4.69) is 15.2 Å². The number of rotatable bonds is 4. The molecule has 1 fully saturated rings. The summed E-state index contributed by atoms with van der Waals surface area (Å²) in [5.41, 5.74) is -1.43. The average Bonchev–Trinajstić information content (AvgIpc) is 2.46. The van der Waals surface area contributed by atoms with Gasteiger partial charge >= 0.3 is 6.18 Å². The maximum atomic E-state index is 12.8. The second kappa shape index (κ2) is 7.06. The number of nitrogens with one attached hydrogen (secondary N) is 1. The van der Waals surface area contributed by atoms with Crippen LogP contribution in [0.1, 0.15) is 22.8 Å². The van der Waals surface area contributed by atoms with Crippen molar-refractivity contribution in [1.82, 2.24) is 15.2 Å². The van der Waals surface area contributed by atoms with Crippen molar-refractivity contribution in [2.75, 3.05) is 32.8 Å². The number of morpholine rings is 1. The molecule has 1 aromatic heterocycles. The van der Waals surface area contributed by atoms with Gasteiger partial charge in [-0.2, -0.15) is 13.2 Å². The van der Waals surface area contributed by atoms with Crippen LogP contribution in [0.2, 0.25) is 0 Å². The van der Waals surface area contributed by atoms with E-state index in [1.165, 1.54) is 0 Å². The SMILES string of the molecule is CC1CN(CCNC(=O)c2cnccc2C(F)(F)F)CCO1. The number of alkyl halides is 3. The molecule has 2 rings (SSSR count). The van der Waals surface area contributed by atoms with Crippen LogP contribution in [0, 0.1) is 0 Å². The summed E-state index contributed by atoms with van der Waals surface area (Å²) in [4.78, 5) is 17.6. The molecule has 1 atom stereocenters. The molecule has 0 aliphatic carbocycles. The van der Waals surface area contributed by atoms with Crippen LogP contribution < -0.4 is 5.32 Å². The maximum Gasteiger partial charge on any atom is 0.417 e. The Hall–Kier alpha value is -1.67. The van der Waals surface area contributed by atoms with Crippen LogP contribution in [0.15, 0.2) is 18.5 Å². The number of hydrogen-bond acceptors (Lipinski definition) is 4. The predicted octanol–water partition coefficient (Wildman–Crippen LogP) is 1.55. The largest absolute Gasteiger partial charge is 0.417 e. The average molecular weight is 317 g/mol. The first kappa shape index (κ1) is 16.7. The third kappa shape index (κ3) is 4.41. The lowest BCUT2D eigenvalue weighted by atomic mass is 10.1. The van der Waals surface area contributed by atoms with E-state index in [0.717, 1.165) is 31.5 Å². The van der Waals surface area contributed by atoms with Gasteiger partial charge in [0.05, 0.1) is 23.8 Å². The molecule has 5 nitrogen and oxygen atoms in total. The minimum Gasteiger partial charge on any atom is -0.376 e. The fourth-order valence-electron chi connectivity index (χ4n) is 2.34. The summed E-state index contributed by atoms with van der Waals surface area (Å²) in [6.45, 7) is 4.92. The number of aromatic nitrogens is 1. The third-order valence-corrected chi connectivity index (χ3v) is 3.41. The molecule has 0 spiro atoms. The molecule has 0 bridgehead atoms. The van der Waals surface area contributed by atoms with Gasteiger partial charge in [0.25, 0.3) is 5.91 Å². The fraction of sp³-hybridized carbons (Fsp3) is 0.571. The lowest BCUT2D eigenvalue weighted by Crippen LogP contribution is -2.44. The predicted molar refractivity (Wildman–Crippen MR) is 73.4 cm³/mol. The van der Waals surface area contributed by atoms with Crippen molar-refractivity contribution in [3.05, 3.63) is 29.6 Å². The number of nitrogens with zero attached hydrogens (tertiary/aromatic N) is 2. The Morgan fingerprint density at radius 1 is 1.55 bits per heavy atom. The first-order chi connectivity index (χ1) is 10.4. The Morgan fingerprint density at radius 3 is 3.00 bits per heavy atom.